The molecule has 4 rings (SSSR count). The second kappa shape index (κ2) is 5.39. The summed E-state index contributed by atoms with van der Waals surface area (Å²) in [6.07, 6.45) is 6.16. The smallest absolute Gasteiger partial charge is 0.255 e. The van der Waals surface area contributed by atoms with E-state index in [0.29, 0.717) is 24.8 Å². The van der Waals surface area contributed by atoms with Crippen LogP contribution in [0.4, 0.5) is 0 Å². The number of amides is 2. The molecular weight excluding hydrogens is 290 g/mol. The van der Waals surface area contributed by atoms with Crippen LogP contribution >= 0.6 is 0 Å². The van der Waals surface area contributed by atoms with Gasteiger partial charge in [0.1, 0.15) is 0 Å². The lowest BCUT2D eigenvalue weighted by Crippen LogP contribution is -2.49. The number of aromatic nitrogens is 1. The van der Waals surface area contributed by atoms with E-state index in [4.69, 9.17) is 0 Å². The Morgan fingerprint density at radius 2 is 1.91 bits per heavy atom. The van der Waals surface area contributed by atoms with Crippen LogP contribution in [0.5, 0.6) is 0 Å². The molecule has 1 saturated heterocycles. The van der Waals surface area contributed by atoms with Crippen molar-refractivity contribution in [3.05, 3.63) is 23.0 Å². The van der Waals surface area contributed by atoms with Crippen molar-refractivity contribution in [3.63, 3.8) is 0 Å². The summed E-state index contributed by atoms with van der Waals surface area (Å²) in [7, 11) is 3.71. The second-order valence-electron chi connectivity index (χ2n) is 7.48. The van der Waals surface area contributed by atoms with Crippen LogP contribution in [0.1, 0.15) is 72.1 Å². The summed E-state index contributed by atoms with van der Waals surface area (Å²) in [5, 5.41) is 0. The normalized spacial score (nSPS) is 24.9. The lowest BCUT2D eigenvalue weighted by Gasteiger charge is -2.35. The van der Waals surface area contributed by atoms with Gasteiger partial charge in [0.15, 0.2) is 0 Å². The number of hydrogen-bond donors (Lipinski definition) is 1. The zero-order valence-corrected chi connectivity index (χ0v) is 14.0. The van der Waals surface area contributed by atoms with Gasteiger partial charge in [-0.05, 0) is 50.0 Å². The molecule has 3 fully saturated rings. The topological polar surface area (TPSA) is 56.4 Å². The number of nitrogens with zero attached hydrogens (tertiary/aromatic N) is 2. The maximum Gasteiger partial charge on any atom is 0.255 e. The molecule has 2 aliphatic carbocycles. The number of carbonyl (C=O) groups excluding carboxylic acids is 2. The standard InChI is InChI=1S/C18H25N3O2/c1-20-10-13(7-8-16(20)22)21(2)18(23)14-9-15(11-3-4-11)19-17(14)12-5-6-12/h9,11-13,19H,3-8,10H2,1-2H3. The molecule has 23 heavy (non-hydrogen) atoms. The molecule has 5 heteroatoms. The average Bonchev–Trinajstić information content (AvgIpc) is 3.47. The molecule has 1 aromatic heterocycles. The van der Waals surface area contributed by atoms with Gasteiger partial charge in [0.05, 0.1) is 5.56 Å². The predicted octanol–water partition coefficient (Wildman–Crippen LogP) is 2.46. The maximum absolute atomic E-state index is 13.0. The predicted molar refractivity (Wildman–Crippen MR) is 87.5 cm³/mol. The van der Waals surface area contributed by atoms with E-state index in [0.717, 1.165) is 17.7 Å². The third-order valence-electron chi connectivity index (χ3n) is 5.57. The van der Waals surface area contributed by atoms with Crippen LogP contribution in [0.3, 0.4) is 0 Å². The van der Waals surface area contributed by atoms with Gasteiger partial charge in [-0.3, -0.25) is 9.59 Å². The highest BCUT2D eigenvalue weighted by molar-refractivity contribution is 5.96. The minimum Gasteiger partial charge on any atom is -0.361 e. The molecule has 2 amide bonds. The van der Waals surface area contributed by atoms with E-state index >= 15 is 0 Å². The molecular formula is C18H25N3O2. The van der Waals surface area contributed by atoms with Gasteiger partial charge in [-0.25, -0.2) is 0 Å². The van der Waals surface area contributed by atoms with Crippen molar-refractivity contribution in [2.24, 2.45) is 0 Å². The van der Waals surface area contributed by atoms with Gasteiger partial charge in [0.2, 0.25) is 5.91 Å². The van der Waals surface area contributed by atoms with Crippen molar-refractivity contribution in [1.82, 2.24) is 14.8 Å². The molecule has 0 spiro atoms. The molecule has 1 aliphatic heterocycles. The fourth-order valence-electron chi connectivity index (χ4n) is 3.64. The number of H-pyrrole nitrogens is 1. The van der Waals surface area contributed by atoms with Crippen LogP contribution in [-0.4, -0.2) is 53.3 Å². The minimum absolute atomic E-state index is 0.114. The summed E-state index contributed by atoms with van der Waals surface area (Å²) < 4.78 is 0. The molecule has 1 N–H and O–H groups in total. The quantitative estimate of drug-likeness (QED) is 0.928. The fraction of sp³-hybridized carbons (Fsp3) is 0.667. The number of likely N-dealkylation sites (N-methyl/N-ethyl adjacent to an activating group) is 2. The van der Waals surface area contributed by atoms with Crippen LogP contribution < -0.4 is 0 Å². The van der Waals surface area contributed by atoms with Crippen LogP contribution in [0.2, 0.25) is 0 Å². The van der Waals surface area contributed by atoms with Crippen molar-refractivity contribution in [1.29, 1.82) is 0 Å². The number of likely N-dealkylation sites (tertiary alicyclic amines) is 1. The Kier molecular flexibility index (Phi) is 3.47. The number of hydrogen-bond acceptors (Lipinski definition) is 2. The van der Waals surface area contributed by atoms with E-state index in [1.54, 1.807) is 4.90 Å². The van der Waals surface area contributed by atoms with Gasteiger partial charge in [-0.1, -0.05) is 0 Å². The minimum atomic E-state index is 0.114. The van der Waals surface area contributed by atoms with E-state index in [2.05, 4.69) is 11.1 Å². The molecule has 1 atom stereocenters. The summed E-state index contributed by atoms with van der Waals surface area (Å²) in [5.41, 5.74) is 3.28. The molecule has 2 heterocycles. The highest BCUT2D eigenvalue weighted by Gasteiger charge is 2.36. The molecule has 0 radical (unpaired) electrons. The second-order valence-corrected chi connectivity index (χ2v) is 7.48. The van der Waals surface area contributed by atoms with Crippen molar-refractivity contribution >= 4 is 11.8 Å². The van der Waals surface area contributed by atoms with Crippen molar-refractivity contribution in [3.8, 4) is 0 Å². The third-order valence-corrected chi connectivity index (χ3v) is 5.57. The monoisotopic (exact) mass is 315 g/mol. The van der Waals surface area contributed by atoms with Crippen molar-refractivity contribution in [2.45, 2.75) is 56.4 Å². The third kappa shape index (κ3) is 2.77. The first-order valence-corrected chi connectivity index (χ1v) is 8.78. The molecule has 0 aromatic carbocycles. The summed E-state index contributed by atoms with van der Waals surface area (Å²) in [6, 6.07) is 2.22. The fourth-order valence-corrected chi connectivity index (χ4v) is 3.64. The Morgan fingerprint density at radius 3 is 2.52 bits per heavy atom. The molecule has 5 nitrogen and oxygen atoms in total. The molecule has 2 saturated carbocycles. The van der Waals surface area contributed by atoms with Gasteiger partial charge in [-0.15, -0.1) is 0 Å². The Bertz CT molecular complexity index is 643. The van der Waals surface area contributed by atoms with E-state index in [-0.39, 0.29) is 17.9 Å². The van der Waals surface area contributed by atoms with Gasteiger partial charge in [0.25, 0.3) is 5.91 Å². The Balaban J connectivity index is 1.55. The average molecular weight is 315 g/mol. The van der Waals surface area contributed by atoms with E-state index in [1.165, 1.54) is 31.4 Å². The molecule has 124 valence electrons. The number of aromatic amines is 1. The Labute approximate surface area is 137 Å². The van der Waals surface area contributed by atoms with E-state index in [1.807, 2.05) is 19.0 Å². The number of piperidine rings is 1. The van der Waals surface area contributed by atoms with Gasteiger partial charge >= 0.3 is 0 Å². The SMILES string of the molecule is CN1CC(N(C)C(=O)c2cc(C3CC3)[nH]c2C2CC2)CCC1=O. The number of carbonyl (C=O) groups is 2. The first-order chi connectivity index (χ1) is 11.0. The zero-order chi connectivity index (χ0) is 16.1. The van der Waals surface area contributed by atoms with Crippen LogP contribution in [0.15, 0.2) is 6.07 Å². The highest BCUT2D eigenvalue weighted by atomic mass is 16.2. The first-order valence-electron chi connectivity index (χ1n) is 8.78. The maximum atomic E-state index is 13.0. The summed E-state index contributed by atoms with van der Waals surface area (Å²) >= 11 is 0. The summed E-state index contributed by atoms with van der Waals surface area (Å²) in [6.45, 7) is 0.639. The van der Waals surface area contributed by atoms with Crippen LogP contribution in [0, 0.1) is 0 Å². The van der Waals surface area contributed by atoms with Crippen molar-refractivity contribution in [2.75, 3.05) is 20.6 Å². The number of rotatable bonds is 4. The number of nitrogens with one attached hydrogen (secondary N) is 1. The van der Waals surface area contributed by atoms with Gasteiger partial charge in [-0.2, -0.15) is 0 Å². The largest absolute Gasteiger partial charge is 0.361 e. The van der Waals surface area contributed by atoms with Gasteiger partial charge < -0.3 is 14.8 Å². The molecule has 3 aliphatic rings. The van der Waals surface area contributed by atoms with Gasteiger partial charge in [0, 0.05) is 44.5 Å². The molecule has 0 bridgehead atoms. The lowest BCUT2D eigenvalue weighted by molar-refractivity contribution is -0.133. The highest BCUT2D eigenvalue weighted by Crippen LogP contribution is 2.45. The summed E-state index contributed by atoms with van der Waals surface area (Å²) in [5.74, 6) is 1.48. The van der Waals surface area contributed by atoms with Crippen LogP contribution in [0.25, 0.3) is 0 Å². The molecule has 1 aromatic rings. The van der Waals surface area contributed by atoms with E-state index < -0.39 is 0 Å². The Morgan fingerprint density at radius 1 is 1.22 bits per heavy atom. The van der Waals surface area contributed by atoms with E-state index in [9.17, 15) is 9.59 Å². The molecule has 1 unspecified atom stereocenters. The zero-order valence-electron chi connectivity index (χ0n) is 14.0. The Hall–Kier alpha value is -1.78. The van der Waals surface area contributed by atoms with Crippen molar-refractivity contribution < 1.29 is 9.59 Å². The van der Waals surface area contributed by atoms with Crippen LogP contribution in [-0.2, 0) is 4.79 Å². The first kappa shape index (κ1) is 14.8. The lowest BCUT2D eigenvalue weighted by atomic mass is 10.0. The summed E-state index contributed by atoms with van der Waals surface area (Å²) in [4.78, 5) is 31.8.